The molecule has 2 amide bonds. The van der Waals surface area contributed by atoms with Crippen LogP contribution in [-0.2, 0) is 26.2 Å². The number of rotatable bonds is 9. The Morgan fingerprint density at radius 3 is 2.52 bits per heavy atom. The van der Waals surface area contributed by atoms with Crippen LogP contribution in [0, 0.1) is 11.7 Å². The zero-order valence-corrected chi connectivity index (χ0v) is 24.3. The van der Waals surface area contributed by atoms with E-state index in [2.05, 4.69) is 10.3 Å². The Labute approximate surface area is 239 Å². The van der Waals surface area contributed by atoms with Gasteiger partial charge in [-0.15, -0.1) is 11.6 Å². The maximum absolute atomic E-state index is 15.4. The van der Waals surface area contributed by atoms with Gasteiger partial charge in [-0.1, -0.05) is 0 Å². The summed E-state index contributed by atoms with van der Waals surface area (Å²) in [6, 6.07) is 8.63. The molecule has 4 rings (SSSR count). The number of nitrogens with one attached hydrogen (secondary N) is 1. The fourth-order valence-electron chi connectivity index (χ4n) is 5.00. The molecule has 1 aliphatic heterocycles. The number of piperidine rings is 1. The van der Waals surface area contributed by atoms with Gasteiger partial charge in [0.25, 0.3) is 10.0 Å². The molecule has 9 nitrogen and oxygen atoms in total. The van der Waals surface area contributed by atoms with Gasteiger partial charge >= 0.3 is 0 Å². The molecule has 3 aromatic rings. The van der Waals surface area contributed by atoms with Crippen LogP contribution in [0.2, 0.25) is 0 Å². The fraction of sp³-hybridized carbons (Fsp3) is 0.393. The Bertz CT molecular complexity index is 1470. The fourth-order valence-corrected chi connectivity index (χ4v) is 6.53. The van der Waals surface area contributed by atoms with Crippen molar-refractivity contribution in [3.05, 3.63) is 66.4 Å². The molecule has 2 aromatic heterocycles. The molecular formula is C28H33ClFN5O4S. The molecule has 12 heteroatoms. The minimum absolute atomic E-state index is 0.0302. The zero-order valence-electron chi connectivity index (χ0n) is 22.7. The van der Waals surface area contributed by atoms with Crippen LogP contribution in [0.15, 0.2) is 59.9 Å². The standard InChI is InChI=1S/C28H33ClFN5O4S/c1-19(2)35(28(37)21-8-11-33(12-9-21)27(36)15-29)22-6-7-25(30)24(14-22)26-13-20(16-31-3)18-34(26)40(38,39)23-5-4-10-32-17-23/h4-7,10,13-14,17-19,21,31H,8-9,11-12,15-16H2,1-3H3. The second-order valence-corrected chi connectivity index (χ2v) is 12.1. The lowest BCUT2D eigenvalue weighted by Crippen LogP contribution is -2.46. The highest BCUT2D eigenvalue weighted by Gasteiger charge is 2.32. The lowest BCUT2D eigenvalue weighted by atomic mass is 9.94. The molecular weight excluding hydrogens is 557 g/mol. The zero-order chi connectivity index (χ0) is 29.0. The molecule has 3 heterocycles. The van der Waals surface area contributed by atoms with Crippen LogP contribution in [0.5, 0.6) is 0 Å². The first-order chi connectivity index (χ1) is 19.1. The topological polar surface area (TPSA) is 105 Å². The van der Waals surface area contributed by atoms with Gasteiger partial charge in [-0.05, 0) is 75.7 Å². The minimum Gasteiger partial charge on any atom is -0.342 e. The van der Waals surface area contributed by atoms with E-state index >= 15 is 4.39 Å². The van der Waals surface area contributed by atoms with E-state index in [9.17, 15) is 18.0 Å². The number of carbonyl (C=O) groups excluding carboxylic acids is 2. The second-order valence-electron chi connectivity index (χ2n) is 10.0. The number of alkyl halides is 1. The number of benzene rings is 1. The van der Waals surface area contributed by atoms with Crippen molar-refractivity contribution in [3.8, 4) is 11.3 Å². The number of carbonyl (C=O) groups is 2. The van der Waals surface area contributed by atoms with Gasteiger partial charge in [0, 0.05) is 61.4 Å². The first kappa shape index (κ1) is 29.7. The molecule has 0 aliphatic carbocycles. The Morgan fingerprint density at radius 1 is 1.20 bits per heavy atom. The van der Waals surface area contributed by atoms with Crippen molar-refractivity contribution in [2.24, 2.45) is 5.92 Å². The molecule has 1 aliphatic rings. The highest BCUT2D eigenvalue weighted by atomic mass is 35.5. The Morgan fingerprint density at radius 2 is 1.93 bits per heavy atom. The number of hydrogen-bond acceptors (Lipinski definition) is 6. The molecule has 0 unspecified atom stereocenters. The minimum atomic E-state index is -4.09. The van der Waals surface area contributed by atoms with E-state index in [1.165, 1.54) is 48.9 Å². The van der Waals surface area contributed by atoms with Crippen LogP contribution in [-0.4, -0.2) is 66.1 Å². The molecule has 40 heavy (non-hydrogen) atoms. The van der Waals surface area contributed by atoms with Crippen molar-refractivity contribution in [1.29, 1.82) is 0 Å². The van der Waals surface area contributed by atoms with Crippen molar-refractivity contribution >= 4 is 39.1 Å². The van der Waals surface area contributed by atoms with E-state index < -0.39 is 15.8 Å². The number of amides is 2. The summed E-state index contributed by atoms with van der Waals surface area (Å²) in [6.45, 7) is 4.99. The van der Waals surface area contributed by atoms with Crippen molar-refractivity contribution in [2.75, 3.05) is 30.9 Å². The third-order valence-corrected chi connectivity index (χ3v) is 8.87. The Hall–Kier alpha value is -3.28. The largest absolute Gasteiger partial charge is 0.342 e. The lowest BCUT2D eigenvalue weighted by Gasteiger charge is -2.36. The molecule has 0 atom stereocenters. The summed E-state index contributed by atoms with van der Waals surface area (Å²) in [5.41, 5.74) is 1.29. The number of pyridine rings is 1. The quantitative estimate of drug-likeness (QED) is 0.380. The van der Waals surface area contributed by atoms with Gasteiger partial charge in [-0.25, -0.2) is 16.8 Å². The Balaban J connectivity index is 1.73. The predicted octanol–water partition coefficient (Wildman–Crippen LogP) is 3.86. The molecule has 1 aromatic carbocycles. The third-order valence-electron chi connectivity index (χ3n) is 6.98. The summed E-state index contributed by atoms with van der Waals surface area (Å²) in [7, 11) is -2.36. The normalized spacial score (nSPS) is 14.5. The molecule has 1 N–H and O–H groups in total. The van der Waals surface area contributed by atoms with E-state index in [0.29, 0.717) is 43.7 Å². The van der Waals surface area contributed by atoms with Gasteiger partial charge in [0.05, 0.1) is 5.69 Å². The summed E-state index contributed by atoms with van der Waals surface area (Å²) >= 11 is 5.68. The summed E-state index contributed by atoms with van der Waals surface area (Å²) in [5, 5.41) is 2.99. The average molecular weight is 590 g/mol. The molecule has 0 radical (unpaired) electrons. The molecule has 214 valence electrons. The second kappa shape index (κ2) is 12.5. The lowest BCUT2D eigenvalue weighted by molar-refractivity contribution is -0.132. The van der Waals surface area contributed by atoms with Crippen LogP contribution >= 0.6 is 11.6 Å². The average Bonchev–Trinajstić information content (AvgIpc) is 3.38. The Kier molecular flexibility index (Phi) is 9.27. The SMILES string of the molecule is CNCc1cc(-c2cc(N(C(=O)C3CCN(C(=O)CCl)CC3)C(C)C)ccc2F)n(S(=O)(=O)c2cccnc2)c1. The van der Waals surface area contributed by atoms with E-state index in [4.69, 9.17) is 11.6 Å². The van der Waals surface area contributed by atoms with Crippen LogP contribution in [0.1, 0.15) is 32.3 Å². The van der Waals surface area contributed by atoms with E-state index in [0.717, 1.165) is 3.97 Å². The van der Waals surface area contributed by atoms with Crippen LogP contribution in [0.25, 0.3) is 11.3 Å². The number of anilines is 1. The highest BCUT2D eigenvalue weighted by Crippen LogP contribution is 2.34. The first-order valence-electron chi connectivity index (χ1n) is 13.1. The smallest absolute Gasteiger partial charge is 0.269 e. The van der Waals surface area contributed by atoms with Crippen molar-refractivity contribution in [3.63, 3.8) is 0 Å². The highest BCUT2D eigenvalue weighted by molar-refractivity contribution is 7.90. The summed E-state index contributed by atoms with van der Waals surface area (Å²) in [5.74, 6) is -1.31. The summed E-state index contributed by atoms with van der Waals surface area (Å²) in [4.78, 5) is 32.8. The maximum Gasteiger partial charge on any atom is 0.269 e. The number of likely N-dealkylation sites (tertiary alicyclic amines) is 1. The van der Waals surface area contributed by atoms with Crippen molar-refractivity contribution < 1.29 is 22.4 Å². The van der Waals surface area contributed by atoms with Gasteiger partial charge in [-0.3, -0.25) is 14.6 Å². The third kappa shape index (κ3) is 6.06. The molecule has 0 saturated carbocycles. The number of nitrogens with zero attached hydrogens (tertiary/aromatic N) is 4. The number of halogens is 2. The maximum atomic E-state index is 15.4. The summed E-state index contributed by atoms with van der Waals surface area (Å²) in [6.07, 6.45) is 5.18. The van der Waals surface area contributed by atoms with E-state index in [-0.39, 0.29) is 45.8 Å². The monoisotopic (exact) mass is 589 g/mol. The predicted molar refractivity (Wildman–Crippen MR) is 152 cm³/mol. The molecule has 0 spiro atoms. The van der Waals surface area contributed by atoms with Crippen LogP contribution < -0.4 is 10.2 Å². The van der Waals surface area contributed by atoms with Crippen LogP contribution in [0.4, 0.5) is 10.1 Å². The number of aromatic nitrogens is 2. The van der Waals surface area contributed by atoms with Gasteiger partial charge < -0.3 is 15.1 Å². The van der Waals surface area contributed by atoms with E-state index in [1.807, 2.05) is 13.8 Å². The van der Waals surface area contributed by atoms with Crippen LogP contribution in [0.3, 0.4) is 0 Å². The van der Waals surface area contributed by atoms with Crippen molar-refractivity contribution in [1.82, 2.24) is 19.2 Å². The first-order valence-corrected chi connectivity index (χ1v) is 15.0. The van der Waals surface area contributed by atoms with Crippen molar-refractivity contribution in [2.45, 2.75) is 44.2 Å². The molecule has 0 bridgehead atoms. The van der Waals surface area contributed by atoms with Gasteiger partial charge in [0.15, 0.2) is 0 Å². The molecule has 1 saturated heterocycles. The van der Waals surface area contributed by atoms with Gasteiger partial charge in [-0.2, -0.15) is 0 Å². The van der Waals surface area contributed by atoms with E-state index in [1.54, 1.807) is 22.9 Å². The van der Waals surface area contributed by atoms with Gasteiger partial charge in [0.1, 0.15) is 16.6 Å². The molecule has 1 fully saturated rings. The number of hydrogen-bond donors (Lipinski definition) is 1. The summed E-state index contributed by atoms with van der Waals surface area (Å²) < 4.78 is 43.6. The van der Waals surface area contributed by atoms with Gasteiger partial charge in [0.2, 0.25) is 11.8 Å².